The first-order valence-corrected chi connectivity index (χ1v) is 7.66. The number of halogens is 1. The van der Waals surface area contributed by atoms with Gasteiger partial charge in [0.15, 0.2) is 0 Å². The van der Waals surface area contributed by atoms with E-state index in [9.17, 15) is 9.90 Å². The van der Waals surface area contributed by atoms with E-state index in [0.29, 0.717) is 6.42 Å². The average Bonchev–Trinajstić information content (AvgIpc) is 2.49. The Morgan fingerprint density at radius 3 is 2.38 bits per heavy atom. The number of hydrogen-bond donors (Lipinski definition) is 2. The Hall–Kier alpha value is -1.81. The number of carbonyl (C=O) groups is 1. The summed E-state index contributed by atoms with van der Waals surface area (Å²) in [5, 5.41) is 12.5. The van der Waals surface area contributed by atoms with Gasteiger partial charge in [-0.2, -0.15) is 0 Å². The van der Waals surface area contributed by atoms with Gasteiger partial charge in [-0.15, -0.1) is 0 Å². The fourth-order valence-corrected chi connectivity index (χ4v) is 2.66. The standard InChI is InChI=1S/C17H18BrNO2/c1-12(13-7-3-2-4-8-13)11-16(17(20)21)19-15-10-6-5-9-14(15)18/h2-10,12,16,19H,11H2,1H3,(H,20,21). The Morgan fingerprint density at radius 1 is 1.14 bits per heavy atom. The molecule has 2 aromatic carbocycles. The molecule has 4 heteroatoms. The maximum absolute atomic E-state index is 11.5. The van der Waals surface area contributed by atoms with E-state index < -0.39 is 12.0 Å². The highest BCUT2D eigenvalue weighted by Crippen LogP contribution is 2.26. The molecule has 21 heavy (non-hydrogen) atoms. The number of carboxylic acids is 1. The molecule has 0 aliphatic heterocycles. The van der Waals surface area contributed by atoms with Crippen LogP contribution in [0.15, 0.2) is 59.1 Å². The minimum Gasteiger partial charge on any atom is -0.480 e. The number of aliphatic carboxylic acids is 1. The maximum atomic E-state index is 11.5. The molecule has 3 nitrogen and oxygen atoms in total. The second kappa shape index (κ2) is 7.27. The molecular weight excluding hydrogens is 330 g/mol. The lowest BCUT2D eigenvalue weighted by Crippen LogP contribution is -2.30. The lowest BCUT2D eigenvalue weighted by atomic mass is 9.94. The zero-order chi connectivity index (χ0) is 15.2. The van der Waals surface area contributed by atoms with Gasteiger partial charge in [-0.1, -0.05) is 49.4 Å². The van der Waals surface area contributed by atoms with Gasteiger partial charge in [0.25, 0.3) is 0 Å². The molecule has 0 amide bonds. The highest BCUT2D eigenvalue weighted by molar-refractivity contribution is 9.10. The zero-order valence-corrected chi connectivity index (χ0v) is 13.4. The summed E-state index contributed by atoms with van der Waals surface area (Å²) in [4.78, 5) is 11.5. The number of benzene rings is 2. The van der Waals surface area contributed by atoms with Crippen molar-refractivity contribution in [3.05, 3.63) is 64.6 Å². The summed E-state index contributed by atoms with van der Waals surface area (Å²) in [7, 11) is 0. The smallest absolute Gasteiger partial charge is 0.326 e. The largest absolute Gasteiger partial charge is 0.480 e. The van der Waals surface area contributed by atoms with Gasteiger partial charge in [-0.05, 0) is 46.0 Å². The van der Waals surface area contributed by atoms with E-state index in [-0.39, 0.29) is 5.92 Å². The molecule has 0 saturated heterocycles. The van der Waals surface area contributed by atoms with Crippen LogP contribution in [0, 0.1) is 0 Å². The molecule has 2 aromatic rings. The highest BCUT2D eigenvalue weighted by atomic mass is 79.9. The van der Waals surface area contributed by atoms with Crippen molar-refractivity contribution in [2.75, 3.05) is 5.32 Å². The van der Waals surface area contributed by atoms with E-state index >= 15 is 0 Å². The van der Waals surface area contributed by atoms with Crippen molar-refractivity contribution in [2.45, 2.75) is 25.3 Å². The first-order valence-electron chi connectivity index (χ1n) is 6.86. The quantitative estimate of drug-likeness (QED) is 0.808. The Balaban J connectivity index is 2.10. The molecule has 0 aliphatic rings. The van der Waals surface area contributed by atoms with Gasteiger partial charge in [0.2, 0.25) is 0 Å². The third-order valence-electron chi connectivity index (χ3n) is 3.46. The lowest BCUT2D eigenvalue weighted by molar-refractivity contribution is -0.138. The Kier molecular flexibility index (Phi) is 5.39. The molecule has 0 spiro atoms. The van der Waals surface area contributed by atoms with E-state index in [4.69, 9.17) is 0 Å². The maximum Gasteiger partial charge on any atom is 0.326 e. The van der Waals surface area contributed by atoms with Crippen LogP contribution in [0.2, 0.25) is 0 Å². The number of anilines is 1. The van der Waals surface area contributed by atoms with Crippen LogP contribution in [0.3, 0.4) is 0 Å². The SMILES string of the molecule is CC(CC(Nc1ccccc1Br)C(=O)O)c1ccccc1. The van der Waals surface area contributed by atoms with Crippen molar-refractivity contribution >= 4 is 27.6 Å². The highest BCUT2D eigenvalue weighted by Gasteiger charge is 2.21. The van der Waals surface area contributed by atoms with E-state index in [0.717, 1.165) is 15.7 Å². The Bertz CT molecular complexity index is 601. The first kappa shape index (κ1) is 15.6. The second-order valence-electron chi connectivity index (χ2n) is 5.06. The summed E-state index contributed by atoms with van der Waals surface area (Å²) in [6.07, 6.45) is 0.528. The molecule has 2 rings (SSSR count). The summed E-state index contributed by atoms with van der Waals surface area (Å²) in [5.41, 5.74) is 1.95. The van der Waals surface area contributed by atoms with Crippen LogP contribution < -0.4 is 5.32 Å². The van der Waals surface area contributed by atoms with Crippen molar-refractivity contribution in [3.63, 3.8) is 0 Å². The minimum atomic E-state index is -0.839. The van der Waals surface area contributed by atoms with Gasteiger partial charge in [-0.3, -0.25) is 0 Å². The van der Waals surface area contributed by atoms with Crippen LogP contribution >= 0.6 is 15.9 Å². The fourth-order valence-electron chi connectivity index (χ4n) is 2.26. The van der Waals surface area contributed by atoms with E-state index in [1.54, 1.807) is 0 Å². The lowest BCUT2D eigenvalue weighted by Gasteiger charge is -2.20. The first-order chi connectivity index (χ1) is 10.1. The Morgan fingerprint density at radius 2 is 1.76 bits per heavy atom. The fraction of sp³-hybridized carbons (Fsp3) is 0.235. The summed E-state index contributed by atoms with van der Waals surface area (Å²) in [6, 6.07) is 16.9. The predicted octanol–water partition coefficient (Wildman–Crippen LogP) is 4.51. The van der Waals surface area contributed by atoms with Gasteiger partial charge >= 0.3 is 5.97 Å². The molecule has 0 radical (unpaired) electrons. The molecule has 110 valence electrons. The van der Waals surface area contributed by atoms with Gasteiger partial charge in [-0.25, -0.2) is 4.79 Å². The second-order valence-corrected chi connectivity index (χ2v) is 5.92. The van der Waals surface area contributed by atoms with Crippen LogP contribution in [0.4, 0.5) is 5.69 Å². The normalized spacial score (nSPS) is 13.4. The van der Waals surface area contributed by atoms with Crippen molar-refractivity contribution < 1.29 is 9.90 Å². The van der Waals surface area contributed by atoms with E-state index in [1.807, 2.05) is 61.5 Å². The Labute approximate surface area is 133 Å². The summed E-state index contributed by atoms with van der Waals surface area (Å²) >= 11 is 3.43. The number of para-hydroxylation sites is 1. The van der Waals surface area contributed by atoms with E-state index in [2.05, 4.69) is 21.2 Å². The molecule has 0 saturated carbocycles. The summed E-state index contributed by atoms with van der Waals surface area (Å²) in [5.74, 6) is -0.671. The molecule has 0 aromatic heterocycles. The van der Waals surface area contributed by atoms with Crippen LogP contribution in [-0.2, 0) is 4.79 Å². The number of carboxylic acid groups (broad SMARTS) is 1. The number of hydrogen-bond acceptors (Lipinski definition) is 2. The van der Waals surface area contributed by atoms with Crippen molar-refractivity contribution in [1.82, 2.24) is 0 Å². The molecule has 0 bridgehead atoms. The van der Waals surface area contributed by atoms with Gasteiger partial charge < -0.3 is 10.4 Å². The van der Waals surface area contributed by atoms with Crippen molar-refractivity contribution in [2.24, 2.45) is 0 Å². The van der Waals surface area contributed by atoms with Gasteiger partial charge in [0, 0.05) is 10.2 Å². The minimum absolute atomic E-state index is 0.169. The van der Waals surface area contributed by atoms with Gasteiger partial charge in [0.05, 0.1) is 0 Å². The summed E-state index contributed by atoms with van der Waals surface area (Å²) < 4.78 is 0.864. The molecular formula is C17H18BrNO2. The van der Waals surface area contributed by atoms with Crippen LogP contribution in [0.5, 0.6) is 0 Å². The third-order valence-corrected chi connectivity index (χ3v) is 4.15. The molecule has 2 atom stereocenters. The number of nitrogens with one attached hydrogen (secondary N) is 1. The summed E-state index contributed by atoms with van der Waals surface area (Å²) in [6.45, 7) is 2.05. The van der Waals surface area contributed by atoms with Crippen LogP contribution in [0.25, 0.3) is 0 Å². The molecule has 0 heterocycles. The molecule has 2 unspecified atom stereocenters. The van der Waals surface area contributed by atoms with Crippen molar-refractivity contribution in [1.29, 1.82) is 0 Å². The molecule has 0 fully saturated rings. The topological polar surface area (TPSA) is 49.3 Å². The zero-order valence-electron chi connectivity index (χ0n) is 11.8. The molecule has 2 N–H and O–H groups in total. The van der Waals surface area contributed by atoms with Gasteiger partial charge in [0.1, 0.15) is 6.04 Å². The van der Waals surface area contributed by atoms with E-state index in [1.165, 1.54) is 0 Å². The average molecular weight is 348 g/mol. The van der Waals surface area contributed by atoms with Crippen LogP contribution in [0.1, 0.15) is 24.8 Å². The third kappa shape index (κ3) is 4.33. The van der Waals surface area contributed by atoms with Crippen molar-refractivity contribution in [3.8, 4) is 0 Å². The van der Waals surface area contributed by atoms with Crippen LogP contribution in [-0.4, -0.2) is 17.1 Å². The number of rotatable bonds is 6. The monoisotopic (exact) mass is 347 g/mol. The predicted molar refractivity (Wildman–Crippen MR) is 88.7 cm³/mol. The molecule has 0 aliphatic carbocycles.